The first-order chi connectivity index (χ1) is 14.7. The molecule has 0 spiro atoms. The molecule has 0 saturated carbocycles. The standard InChI is InChI=1S/C20H19N5O5S/c1-13-10-14(2)23-20(22-13)25-31(28,29)17-7-5-16(6-8-17)24-18(26)12-30-19(27)15-4-3-9-21-11-15/h3-11H,12H2,1-2H3,(H,24,26)(H,22,23,25). The van der Waals surface area contributed by atoms with Crippen molar-refractivity contribution in [3.63, 3.8) is 0 Å². The predicted molar refractivity (Wildman–Crippen MR) is 112 cm³/mol. The molecule has 0 aliphatic heterocycles. The second kappa shape index (κ2) is 9.30. The van der Waals surface area contributed by atoms with Gasteiger partial charge in [-0.25, -0.2) is 27.9 Å². The summed E-state index contributed by atoms with van der Waals surface area (Å²) < 4.78 is 32.3. The molecular formula is C20H19N5O5S. The highest BCUT2D eigenvalue weighted by molar-refractivity contribution is 7.92. The smallest absolute Gasteiger partial charge is 0.340 e. The van der Waals surface area contributed by atoms with Crippen LogP contribution in [0, 0.1) is 13.8 Å². The van der Waals surface area contributed by atoms with Gasteiger partial charge in [-0.3, -0.25) is 9.78 Å². The Bertz CT molecular complexity index is 1180. The molecule has 10 nitrogen and oxygen atoms in total. The summed E-state index contributed by atoms with van der Waals surface area (Å²) in [5, 5.41) is 2.52. The van der Waals surface area contributed by atoms with Gasteiger partial charge in [-0.2, -0.15) is 0 Å². The molecule has 0 bridgehead atoms. The maximum absolute atomic E-state index is 12.5. The number of aryl methyl sites for hydroxylation is 2. The summed E-state index contributed by atoms with van der Waals surface area (Å²) in [6.07, 6.45) is 2.84. The number of carbonyl (C=O) groups is 2. The number of sulfonamides is 1. The topological polar surface area (TPSA) is 140 Å². The largest absolute Gasteiger partial charge is 0.452 e. The number of hydrogen-bond acceptors (Lipinski definition) is 8. The van der Waals surface area contributed by atoms with Crippen molar-refractivity contribution in [3.05, 3.63) is 71.8 Å². The molecule has 0 fully saturated rings. The van der Waals surface area contributed by atoms with E-state index in [0.717, 1.165) is 0 Å². The maximum atomic E-state index is 12.5. The number of nitrogens with zero attached hydrogens (tertiary/aromatic N) is 3. The Kier molecular flexibility index (Phi) is 6.55. The fraction of sp³-hybridized carbons (Fsp3) is 0.150. The van der Waals surface area contributed by atoms with E-state index in [9.17, 15) is 18.0 Å². The van der Waals surface area contributed by atoms with Crippen molar-refractivity contribution in [1.82, 2.24) is 15.0 Å². The Morgan fingerprint density at radius 3 is 2.32 bits per heavy atom. The van der Waals surface area contributed by atoms with E-state index in [4.69, 9.17) is 4.74 Å². The third kappa shape index (κ3) is 6.06. The van der Waals surface area contributed by atoms with Gasteiger partial charge < -0.3 is 10.1 Å². The number of ether oxygens (including phenoxy) is 1. The fourth-order valence-electron chi connectivity index (χ4n) is 2.56. The van der Waals surface area contributed by atoms with Crippen LogP contribution in [0.3, 0.4) is 0 Å². The summed E-state index contributed by atoms with van der Waals surface area (Å²) in [6, 6.07) is 10.3. The van der Waals surface area contributed by atoms with E-state index < -0.39 is 28.5 Å². The van der Waals surface area contributed by atoms with Crippen molar-refractivity contribution in [2.24, 2.45) is 0 Å². The minimum Gasteiger partial charge on any atom is -0.452 e. The second-order valence-electron chi connectivity index (χ2n) is 6.47. The van der Waals surface area contributed by atoms with Crippen molar-refractivity contribution in [3.8, 4) is 0 Å². The highest BCUT2D eigenvalue weighted by Crippen LogP contribution is 2.17. The zero-order valence-electron chi connectivity index (χ0n) is 16.7. The van der Waals surface area contributed by atoms with Gasteiger partial charge in [0.25, 0.3) is 15.9 Å². The molecule has 0 saturated heterocycles. The number of carbonyl (C=O) groups excluding carboxylic acids is 2. The lowest BCUT2D eigenvalue weighted by Crippen LogP contribution is -2.21. The molecule has 11 heteroatoms. The fourth-order valence-corrected chi connectivity index (χ4v) is 3.51. The molecule has 0 aliphatic rings. The van der Waals surface area contributed by atoms with Crippen LogP contribution in [0.2, 0.25) is 0 Å². The summed E-state index contributed by atoms with van der Waals surface area (Å²) in [7, 11) is -3.91. The zero-order chi connectivity index (χ0) is 22.4. The van der Waals surface area contributed by atoms with Gasteiger partial charge in [-0.15, -0.1) is 0 Å². The molecule has 2 aromatic heterocycles. The van der Waals surface area contributed by atoms with Crippen LogP contribution in [0.25, 0.3) is 0 Å². The van der Waals surface area contributed by atoms with Gasteiger partial charge in [0.2, 0.25) is 5.95 Å². The molecule has 2 heterocycles. The van der Waals surface area contributed by atoms with Gasteiger partial charge in [0.1, 0.15) is 0 Å². The minimum absolute atomic E-state index is 0.0229. The third-order valence-electron chi connectivity index (χ3n) is 3.89. The number of amides is 1. The summed E-state index contributed by atoms with van der Waals surface area (Å²) in [5.41, 5.74) is 1.83. The Labute approximate surface area is 178 Å². The van der Waals surface area contributed by atoms with Crippen LogP contribution < -0.4 is 10.0 Å². The number of anilines is 2. The lowest BCUT2D eigenvalue weighted by molar-refractivity contribution is -0.119. The molecule has 2 N–H and O–H groups in total. The minimum atomic E-state index is -3.91. The highest BCUT2D eigenvalue weighted by Gasteiger charge is 2.17. The summed E-state index contributed by atoms with van der Waals surface area (Å²) in [4.78, 5) is 35.7. The molecule has 1 amide bonds. The normalized spacial score (nSPS) is 10.9. The van der Waals surface area contributed by atoms with E-state index >= 15 is 0 Å². The number of pyridine rings is 1. The Morgan fingerprint density at radius 1 is 1.03 bits per heavy atom. The van der Waals surface area contributed by atoms with Gasteiger partial charge in [-0.1, -0.05) is 0 Å². The van der Waals surface area contributed by atoms with Crippen LogP contribution in [0.15, 0.2) is 59.8 Å². The van der Waals surface area contributed by atoms with Crippen LogP contribution in [0.1, 0.15) is 21.7 Å². The molecule has 1 aromatic carbocycles. The third-order valence-corrected chi connectivity index (χ3v) is 5.23. The van der Waals surface area contributed by atoms with Crippen molar-refractivity contribution >= 4 is 33.5 Å². The first-order valence-electron chi connectivity index (χ1n) is 9.05. The summed E-state index contributed by atoms with van der Waals surface area (Å²) in [6.45, 7) is 2.97. The Morgan fingerprint density at radius 2 is 1.71 bits per heavy atom. The highest BCUT2D eigenvalue weighted by atomic mass is 32.2. The Hall–Kier alpha value is -3.86. The summed E-state index contributed by atoms with van der Waals surface area (Å²) in [5.74, 6) is -1.27. The average Bonchev–Trinajstić information content (AvgIpc) is 2.72. The first-order valence-corrected chi connectivity index (χ1v) is 10.5. The number of rotatable bonds is 7. The van der Waals surface area contributed by atoms with Crippen molar-refractivity contribution in [2.75, 3.05) is 16.6 Å². The van der Waals surface area contributed by atoms with Crippen LogP contribution in [0.4, 0.5) is 11.6 Å². The lowest BCUT2D eigenvalue weighted by Gasteiger charge is -2.09. The lowest BCUT2D eigenvalue weighted by atomic mass is 10.3. The molecular weight excluding hydrogens is 422 g/mol. The number of esters is 1. The Balaban J connectivity index is 1.59. The van der Waals surface area contributed by atoms with E-state index in [0.29, 0.717) is 17.1 Å². The van der Waals surface area contributed by atoms with Crippen molar-refractivity contribution < 1.29 is 22.7 Å². The summed E-state index contributed by atoms with van der Waals surface area (Å²) >= 11 is 0. The molecule has 3 aromatic rings. The maximum Gasteiger partial charge on any atom is 0.340 e. The number of hydrogen-bond donors (Lipinski definition) is 2. The molecule has 0 radical (unpaired) electrons. The second-order valence-corrected chi connectivity index (χ2v) is 8.15. The predicted octanol–water partition coefficient (Wildman–Crippen LogP) is 2.08. The van der Waals surface area contributed by atoms with Crippen molar-refractivity contribution in [1.29, 1.82) is 0 Å². The molecule has 160 valence electrons. The monoisotopic (exact) mass is 441 g/mol. The first kappa shape index (κ1) is 21.8. The zero-order valence-corrected chi connectivity index (χ0v) is 17.5. The molecule has 3 rings (SSSR count). The molecule has 0 atom stereocenters. The van der Waals surface area contributed by atoms with Crippen LogP contribution in [0.5, 0.6) is 0 Å². The molecule has 0 aliphatic carbocycles. The quantitative estimate of drug-likeness (QED) is 0.531. The SMILES string of the molecule is Cc1cc(C)nc(NS(=O)(=O)c2ccc(NC(=O)COC(=O)c3cccnc3)cc2)n1. The van der Waals surface area contributed by atoms with Gasteiger partial charge in [0.05, 0.1) is 10.5 Å². The molecule has 31 heavy (non-hydrogen) atoms. The average molecular weight is 441 g/mol. The van der Waals surface area contributed by atoms with Crippen molar-refractivity contribution in [2.45, 2.75) is 18.7 Å². The molecule has 0 unspecified atom stereocenters. The van der Waals surface area contributed by atoms with Crippen LogP contribution in [-0.4, -0.2) is 41.9 Å². The van der Waals surface area contributed by atoms with Gasteiger partial charge in [0, 0.05) is 29.5 Å². The number of benzene rings is 1. The van der Waals surface area contributed by atoms with E-state index in [2.05, 4.69) is 25.0 Å². The van der Waals surface area contributed by atoms with Crippen LogP contribution >= 0.6 is 0 Å². The van der Waals surface area contributed by atoms with Gasteiger partial charge >= 0.3 is 5.97 Å². The number of aromatic nitrogens is 3. The van der Waals surface area contributed by atoms with E-state index in [1.807, 2.05) is 0 Å². The van der Waals surface area contributed by atoms with E-state index in [1.54, 1.807) is 26.0 Å². The van der Waals surface area contributed by atoms with Gasteiger partial charge in [-0.05, 0) is 56.3 Å². The van der Waals surface area contributed by atoms with Crippen LogP contribution in [-0.2, 0) is 19.6 Å². The van der Waals surface area contributed by atoms with E-state index in [1.165, 1.54) is 42.7 Å². The van der Waals surface area contributed by atoms with E-state index in [-0.39, 0.29) is 16.4 Å². The number of nitrogens with one attached hydrogen (secondary N) is 2. The van der Waals surface area contributed by atoms with Gasteiger partial charge in [0.15, 0.2) is 6.61 Å².